The number of amides is 1. The lowest BCUT2D eigenvalue weighted by atomic mass is 10.1. The molecule has 1 N–H and O–H groups in total. The lowest BCUT2D eigenvalue weighted by Gasteiger charge is -2.35. The molecule has 6 heteroatoms. The number of halogens is 3. The Labute approximate surface area is 120 Å². The maximum atomic E-state index is 12.1. The number of nitrogens with zero attached hydrogens (tertiary/aromatic N) is 1. The second kappa shape index (κ2) is 6.05. The average molecular weight is 340 g/mol. The standard InChI is InChI=1S/C11H12BrClN2O.ClH/c1-15(8-5-14-6-8)11(16)9-3-2-7(12)4-10(9)13;/h2-4,8,14H,5-6H2,1H3;1H. The molecule has 1 saturated heterocycles. The van der Waals surface area contributed by atoms with Crippen LogP contribution in [0.4, 0.5) is 0 Å². The third-order valence-corrected chi connectivity index (χ3v) is 3.60. The minimum Gasteiger partial charge on any atom is -0.336 e. The first kappa shape index (κ1) is 14.8. The highest BCUT2D eigenvalue weighted by Gasteiger charge is 2.26. The SMILES string of the molecule is CN(C(=O)c1ccc(Br)cc1Cl)C1CNC1.Cl. The van der Waals surface area contributed by atoms with Gasteiger partial charge in [0.25, 0.3) is 5.91 Å². The largest absolute Gasteiger partial charge is 0.336 e. The number of hydrogen-bond donors (Lipinski definition) is 1. The zero-order chi connectivity index (χ0) is 11.7. The number of carbonyl (C=O) groups excluding carboxylic acids is 1. The van der Waals surface area contributed by atoms with Crippen molar-refractivity contribution in [2.24, 2.45) is 0 Å². The van der Waals surface area contributed by atoms with E-state index in [0.717, 1.165) is 17.6 Å². The van der Waals surface area contributed by atoms with Crippen LogP contribution in [0.3, 0.4) is 0 Å². The van der Waals surface area contributed by atoms with Crippen molar-refractivity contribution in [2.45, 2.75) is 6.04 Å². The van der Waals surface area contributed by atoms with Crippen molar-refractivity contribution in [1.82, 2.24) is 10.2 Å². The summed E-state index contributed by atoms with van der Waals surface area (Å²) in [6.07, 6.45) is 0. The molecule has 1 aliphatic heterocycles. The highest BCUT2D eigenvalue weighted by atomic mass is 79.9. The van der Waals surface area contributed by atoms with E-state index in [1.807, 2.05) is 13.1 Å². The Hall–Kier alpha value is -0.290. The van der Waals surface area contributed by atoms with Crippen molar-refractivity contribution < 1.29 is 4.79 Å². The summed E-state index contributed by atoms with van der Waals surface area (Å²) >= 11 is 9.36. The topological polar surface area (TPSA) is 32.3 Å². The Morgan fingerprint density at radius 1 is 1.53 bits per heavy atom. The molecule has 0 atom stereocenters. The Morgan fingerprint density at radius 2 is 2.18 bits per heavy atom. The van der Waals surface area contributed by atoms with Crippen LogP contribution in [0, 0.1) is 0 Å². The van der Waals surface area contributed by atoms with E-state index in [2.05, 4.69) is 21.2 Å². The molecule has 3 nitrogen and oxygen atoms in total. The zero-order valence-corrected chi connectivity index (χ0v) is 12.4. The number of hydrogen-bond acceptors (Lipinski definition) is 2. The molecule has 1 aromatic rings. The fourth-order valence-electron chi connectivity index (χ4n) is 1.57. The van der Waals surface area contributed by atoms with E-state index in [9.17, 15) is 4.79 Å². The summed E-state index contributed by atoms with van der Waals surface area (Å²) < 4.78 is 0.877. The van der Waals surface area contributed by atoms with E-state index < -0.39 is 0 Å². The fraction of sp³-hybridized carbons (Fsp3) is 0.364. The smallest absolute Gasteiger partial charge is 0.255 e. The summed E-state index contributed by atoms with van der Waals surface area (Å²) in [5.41, 5.74) is 0.555. The minimum absolute atomic E-state index is 0. The third kappa shape index (κ3) is 3.13. The highest BCUT2D eigenvalue weighted by Crippen LogP contribution is 2.23. The normalized spacial score (nSPS) is 14.8. The van der Waals surface area contributed by atoms with Gasteiger partial charge in [0.15, 0.2) is 0 Å². The summed E-state index contributed by atoms with van der Waals surface area (Å²) in [5.74, 6) is -0.0241. The lowest BCUT2D eigenvalue weighted by Crippen LogP contribution is -2.57. The fourth-order valence-corrected chi connectivity index (χ4v) is 2.32. The Bertz CT molecular complexity index is 424. The maximum absolute atomic E-state index is 12.1. The van der Waals surface area contributed by atoms with Crippen LogP contribution < -0.4 is 5.32 Å². The van der Waals surface area contributed by atoms with Gasteiger partial charge in [0, 0.05) is 24.6 Å². The van der Waals surface area contributed by atoms with Crippen molar-refractivity contribution in [3.63, 3.8) is 0 Å². The number of likely N-dealkylation sites (N-methyl/N-ethyl adjacent to an activating group) is 1. The van der Waals surface area contributed by atoms with E-state index in [4.69, 9.17) is 11.6 Å². The van der Waals surface area contributed by atoms with Gasteiger partial charge in [0.1, 0.15) is 0 Å². The maximum Gasteiger partial charge on any atom is 0.255 e. The monoisotopic (exact) mass is 338 g/mol. The number of rotatable bonds is 2. The van der Waals surface area contributed by atoms with Crippen LogP contribution in [-0.2, 0) is 0 Å². The van der Waals surface area contributed by atoms with Gasteiger partial charge in [0.05, 0.1) is 16.6 Å². The molecular formula is C11H13BrCl2N2O. The second-order valence-electron chi connectivity index (χ2n) is 3.85. The molecular weight excluding hydrogens is 327 g/mol. The molecule has 94 valence electrons. The minimum atomic E-state index is -0.0241. The van der Waals surface area contributed by atoms with E-state index >= 15 is 0 Å². The Kier molecular flexibility index (Phi) is 5.25. The van der Waals surface area contributed by atoms with E-state index in [0.29, 0.717) is 10.6 Å². The highest BCUT2D eigenvalue weighted by molar-refractivity contribution is 9.10. The molecule has 0 bridgehead atoms. The van der Waals surface area contributed by atoms with Gasteiger partial charge in [-0.05, 0) is 18.2 Å². The van der Waals surface area contributed by atoms with E-state index in [1.165, 1.54) is 0 Å². The van der Waals surface area contributed by atoms with Crippen LogP contribution in [0.5, 0.6) is 0 Å². The van der Waals surface area contributed by atoms with Gasteiger partial charge >= 0.3 is 0 Å². The molecule has 0 aliphatic carbocycles. The van der Waals surface area contributed by atoms with Crippen LogP contribution in [0.25, 0.3) is 0 Å². The van der Waals surface area contributed by atoms with Gasteiger partial charge in [-0.3, -0.25) is 4.79 Å². The Balaban J connectivity index is 0.00000144. The lowest BCUT2D eigenvalue weighted by molar-refractivity contribution is 0.0681. The number of carbonyl (C=O) groups is 1. The van der Waals surface area contributed by atoms with Crippen molar-refractivity contribution >= 4 is 45.8 Å². The van der Waals surface area contributed by atoms with Crippen LogP contribution in [0.2, 0.25) is 5.02 Å². The van der Waals surface area contributed by atoms with Crippen molar-refractivity contribution in [1.29, 1.82) is 0 Å². The molecule has 0 spiro atoms. The quantitative estimate of drug-likeness (QED) is 0.898. The van der Waals surface area contributed by atoms with Crippen LogP contribution >= 0.6 is 39.9 Å². The molecule has 1 heterocycles. The van der Waals surface area contributed by atoms with Gasteiger partial charge in [0.2, 0.25) is 0 Å². The summed E-state index contributed by atoms with van der Waals surface area (Å²) in [4.78, 5) is 13.9. The molecule has 1 fully saturated rings. The van der Waals surface area contributed by atoms with Gasteiger partial charge < -0.3 is 10.2 Å². The van der Waals surface area contributed by atoms with Gasteiger partial charge in [-0.2, -0.15) is 0 Å². The molecule has 17 heavy (non-hydrogen) atoms. The predicted molar refractivity (Wildman–Crippen MR) is 75.2 cm³/mol. The number of nitrogens with one attached hydrogen (secondary N) is 1. The van der Waals surface area contributed by atoms with Crippen molar-refractivity contribution in [3.05, 3.63) is 33.3 Å². The van der Waals surface area contributed by atoms with Crippen LogP contribution in [-0.4, -0.2) is 37.0 Å². The molecule has 1 aliphatic rings. The van der Waals surface area contributed by atoms with Crippen LogP contribution in [0.1, 0.15) is 10.4 Å². The molecule has 1 aromatic carbocycles. The average Bonchev–Trinajstić information content (AvgIpc) is 2.14. The summed E-state index contributed by atoms with van der Waals surface area (Å²) in [6.45, 7) is 1.72. The first-order valence-corrected chi connectivity index (χ1v) is 6.19. The van der Waals surface area contributed by atoms with Crippen molar-refractivity contribution in [3.8, 4) is 0 Å². The van der Waals surface area contributed by atoms with Gasteiger partial charge in [-0.25, -0.2) is 0 Å². The molecule has 0 radical (unpaired) electrons. The van der Waals surface area contributed by atoms with Crippen LogP contribution in [0.15, 0.2) is 22.7 Å². The molecule has 2 rings (SSSR count). The summed E-state index contributed by atoms with van der Waals surface area (Å²) in [5, 5.41) is 3.62. The van der Waals surface area contributed by atoms with E-state index in [1.54, 1.807) is 17.0 Å². The molecule has 0 saturated carbocycles. The summed E-state index contributed by atoms with van der Waals surface area (Å²) in [7, 11) is 1.81. The Morgan fingerprint density at radius 3 is 2.65 bits per heavy atom. The molecule has 1 amide bonds. The van der Waals surface area contributed by atoms with E-state index in [-0.39, 0.29) is 24.4 Å². The summed E-state index contributed by atoms with van der Waals surface area (Å²) in [6, 6.07) is 5.59. The molecule has 0 aromatic heterocycles. The molecule has 0 unspecified atom stereocenters. The number of benzene rings is 1. The first-order valence-electron chi connectivity index (χ1n) is 5.02. The van der Waals surface area contributed by atoms with Gasteiger partial charge in [-0.1, -0.05) is 27.5 Å². The van der Waals surface area contributed by atoms with Crippen molar-refractivity contribution in [2.75, 3.05) is 20.1 Å². The predicted octanol–water partition coefficient (Wildman–Crippen LogP) is 2.57. The first-order chi connectivity index (χ1) is 7.59. The van der Waals surface area contributed by atoms with Gasteiger partial charge in [-0.15, -0.1) is 12.4 Å². The third-order valence-electron chi connectivity index (χ3n) is 2.79. The zero-order valence-electron chi connectivity index (χ0n) is 9.24. The second-order valence-corrected chi connectivity index (χ2v) is 5.18.